The highest BCUT2D eigenvalue weighted by molar-refractivity contribution is 5.52. The maximum atomic E-state index is 9.51. The van der Waals surface area contributed by atoms with Gasteiger partial charge in [-0.05, 0) is 24.1 Å². The van der Waals surface area contributed by atoms with Gasteiger partial charge in [-0.2, -0.15) is 5.26 Å². The topological polar surface area (TPSA) is 67.0 Å². The van der Waals surface area contributed by atoms with Gasteiger partial charge in [0.05, 0.1) is 12.8 Å². The number of rotatable bonds is 4. The number of aromatic nitrogens is 3. The molecule has 1 aliphatic heterocycles. The molecule has 0 bridgehead atoms. The van der Waals surface area contributed by atoms with Gasteiger partial charge < -0.3 is 9.64 Å². The summed E-state index contributed by atoms with van der Waals surface area (Å²) < 4.78 is 5.26. The smallest absolute Gasteiger partial charge is 0.207 e. The van der Waals surface area contributed by atoms with Crippen LogP contribution in [0.1, 0.15) is 23.6 Å². The highest BCUT2D eigenvalue weighted by Gasteiger charge is 2.28. The number of hydrogen-bond acceptors (Lipinski definition) is 5. The van der Waals surface area contributed by atoms with Gasteiger partial charge in [-0.15, -0.1) is 15.0 Å². The molecule has 1 fully saturated rings. The molecule has 0 unspecified atom stereocenters. The number of benzene rings is 2. The van der Waals surface area contributed by atoms with Gasteiger partial charge in [0.25, 0.3) is 0 Å². The van der Waals surface area contributed by atoms with Crippen LogP contribution in [0, 0.1) is 11.3 Å². The summed E-state index contributed by atoms with van der Waals surface area (Å²) >= 11 is 0. The van der Waals surface area contributed by atoms with E-state index in [1.54, 1.807) is 7.11 Å². The van der Waals surface area contributed by atoms with Gasteiger partial charge in [0.15, 0.2) is 5.82 Å². The van der Waals surface area contributed by atoms with Crippen LogP contribution < -0.4 is 9.64 Å². The fraction of sp³-hybridized carbons (Fsp3) is 0.250. The summed E-state index contributed by atoms with van der Waals surface area (Å²) in [5.74, 6) is 1.82. The van der Waals surface area contributed by atoms with E-state index < -0.39 is 0 Å². The van der Waals surface area contributed by atoms with Crippen LogP contribution in [0.4, 0.5) is 5.82 Å². The van der Waals surface area contributed by atoms with Crippen LogP contribution in [-0.2, 0) is 0 Å². The molecule has 2 aromatic carbocycles. The zero-order chi connectivity index (χ0) is 17.9. The Labute approximate surface area is 152 Å². The predicted molar refractivity (Wildman–Crippen MR) is 98.6 cm³/mol. The van der Waals surface area contributed by atoms with Crippen LogP contribution in [0.25, 0.3) is 5.69 Å². The van der Waals surface area contributed by atoms with Crippen molar-refractivity contribution in [1.29, 1.82) is 5.26 Å². The lowest BCUT2D eigenvalue weighted by Gasteiger charge is -2.15. The molecule has 0 amide bonds. The molecule has 1 aliphatic rings. The highest BCUT2D eigenvalue weighted by atomic mass is 16.5. The molecule has 0 radical (unpaired) electrons. The summed E-state index contributed by atoms with van der Waals surface area (Å²) in [5, 5.41) is 18.5. The van der Waals surface area contributed by atoms with Crippen molar-refractivity contribution in [3.05, 3.63) is 65.9 Å². The largest absolute Gasteiger partial charge is 0.497 e. The maximum Gasteiger partial charge on any atom is 0.207 e. The van der Waals surface area contributed by atoms with E-state index in [9.17, 15) is 5.26 Å². The first-order valence-electron chi connectivity index (χ1n) is 8.60. The summed E-state index contributed by atoms with van der Waals surface area (Å²) in [5.41, 5.74) is 2.45. The van der Waals surface area contributed by atoms with Crippen molar-refractivity contribution in [2.45, 2.75) is 12.3 Å². The summed E-state index contributed by atoms with van der Waals surface area (Å²) in [6, 6.07) is 20.1. The lowest BCUT2D eigenvalue weighted by atomic mass is 9.99. The van der Waals surface area contributed by atoms with Crippen molar-refractivity contribution < 1.29 is 4.74 Å². The van der Waals surface area contributed by atoms with Gasteiger partial charge in [-0.3, -0.25) is 0 Å². The first-order chi connectivity index (χ1) is 12.8. The van der Waals surface area contributed by atoms with E-state index in [1.165, 1.54) is 10.4 Å². The quantitative estimate of drug-likeness (QED) is 0.727. The van der Waals surface area contributed by atoms with Crippen LogP contribution in [0.15, 0.2) is 54.6 Å². The molecule has 130 valence electrons. The normalized spacial score (nSPS) is 16.5. The zero-order valence-corrected chi connectivity index (χ0v) is 14.5. The molecule has 4 rings (SSSR count). The molecule has 6 heteroatoms. The van der Waals surface area contributed by atoms with Crippen molar-refractivity contribution in [2.75, 3.05) is 25.1 Å². The predicted octanol–water partition coefficient (Wildman–Crippen LogP) is 3.14. The number of methoxy groups -OCH3 is 1. The minimum absolute atomic E-state index is 0.349. The van der Waals surface area contributed by atoms with Gasteiger partial charge >= 0.3 is 0 Å². The highest BCUT2D eigenvalue weighted by Crippen LogP contribution is 2.31. The molecule has 2 heterocycles. The maximum absolute atomic E-state index is 9.51. The Balaban J connectivity index is 1.61. The van der Waals surface area contributed by atoms with E-state index in [2.05, 4.69) is 45.4 Å². The van der Waals surface area contributed by atoms with E-state index in [0.717, 1.165) is 30.9 Å². The molecule has 0 aliphatic carbocycles. The Kier molecular flexibility index (Phi) is 4.28. The summed E-state index contributed by atoms with van der Waals surface area (Å²) in [6.07, 6.45) is 1.04. The molecule has 3 aromatic rings. The fourth-order valence-electron chi connectivity index (χ4n) is 3.38. The second kappa shape index (κ2) is 6.89. The zero-order valence-electron chi connectivity index (χ0n) is 14.5. The third-order valence-corrected chi connectivity index (χ3v) is 4.74. The number of nitriles is 1. The van der Waals surface area contributed by atoms with Crippen molar-refractivity contribution in [2.24, 2.45) is 0 Å². The second-order valence-corrected chi connectivity index (χ2v) is 6.32. The minimum atomic E-state index is 0.349. The molecule has 0 spiro atoms. The SMILES string of the molecule is COc1cccc(-n2nc(C#N)c(N3CC[C@@H](c4ccccc4)C3)n2)c1. The fourth-order valence-corrected chi connectivity index (χ4v) is 3.38. The lowest BCUT2D eigenvalue weighted by molar-refractivity contribution is 0.414. The van der Waals surface area contributed by atoms with Crippen molar-refractivity contribution >= 4 is 5.82 Å². The van der Waals surface area contributed by atoms with E-state index in [1.807, 2.05) is 30.3 Å². The summed E-state index contributed by atoms with van der Waals surface area (Å²) in [7, 11) is 1.62. The molecule has 0 saturated carbocycles. The summed E-state index contributed by atoms with van der Waals surface area (Å²) in [6.45, 7) is 1.71. The van der Waals surface area contributed by atoms with E-state index in [4.69, 9.17) is 4.74 Å². The first-order valence-corrected chi connectivity index (χ1v) is 8.60. The third-order valence-electron chi connectivity index (χ3n) is 4.74. The van der Waals surface area contributed by atoms with Gasteiger partial charge in [0.1, 0.15) is 11.8 Å². The summed E-state index contributed by atoms with van der Waals surface area (Å²) in [4.78, 5) is 3.66. The Hall–Kier alpha value is -3.33. The molecule has 26 heavy (non-hydrogen) atoms. The minimum Gasteiger partial charge on any atom is -0.497 e. The molecule has 1 saturated heterocycles. The van der Waals surface area contributed by atoms with Gasteiger partial charge in [0, 0.05) is 25.1 Å². The first kappa shape index (κ1) is 16.2. The van der Waals surface area contributed by atoms with Gasteiger partial charge in [0.2, 0.25) is 5.69 Å². The Morgan fingerprint density at radius 2 is 1.96 bits per heavy atom. The Bertz CT molecular complexity index is 944. The van der Waals surface area contributed by atoms with Crippen LogP contribution in [-0.4, -0.2) is 35.2 Å². The average molecular weight is 345 g/mol. The number of anilines is 1. The number of hydrogen-bond donors (Lipinski definition) is 0. The molecular formula is C20H19N5O. The molecular weight excluding hydrogens is 326 g/mol. The van der Waals surface area contributed by atoms with Gasteiger partial charge in [-0.25, -0.2) is 0 Å². The molecule has 6 nitrogen and oxygen atoms in total. The van der Waals surface area contributed by atoms with Crippen LogP contribution >= 0.6 is 0 Å². The monoisotopic (exact) mass is 345 g/mol. The number of ether oxygens (including phenoxy) is 1. The van der Waals surface area contributed by atoms with Crippen molar-refractivity contribution in [3.63, 3.8) is 0 Å². The molecule has 0 N–H and O–H groups in total. The Morgan fingerprint density at radius 3 is 2.73 bits per heavy atom. The van der Waals surface area contributed by atoms with E-state index >= 15 is 0 Å². The lowest BCUT2D eigenvalue weighted by Crippen LogP contribution is -2.20. The standard InChI is InChI=1S/C20H19N5O/c1-26-18-9-5-8-17(12-18)25-22-19(13-21)20(23-25)24-11-10-16(14-24)15-6-3-2-4-7-15/h2-9,12,16H,10-11,14H2,1H3/t16-/m1/s1. The van der Waals surface area contributed by atoms with Crippen LogP contribution in [0.2, 0.25) is 0 Å². The molecule has 1 aromatic heterocycles. The van der Waals surface area contributed by atoms with Gasteiger partial charge in [-0.1, -0.05) is 36.4 Å². The average Bonchev–Trinajstić information content (AvgIpc) is 3.35. The second-order valence-electron chi connectivity index (χ2n) is 6.32. The third kappa shape index (κ3) is 3.00. The van der Waals surface area contributed by atoms with Crippen LogP contribution in [0.5, 0.6) is 5.75 Å². The van der Waals surface area contributed by atoms with E-state index in [-0.39, 0.29) is 0 Å². The Morgan fingerprint density at radius 1 is 1.12 bits per heavy atom. The van der Waals surface area contributed by atoms with E-state index in [0.29, 0.717) is 17.4 Å². The van der Waals surface area contributed by atoms with Crippen LogP contribution in [0.3, 0.4) is 0 Å². The number of nitrogens with zero attached hydrogens (tertiary/aromatic N) is 5. The van der Waals surface area contributed by atoms with Crippen molar-refractivity contribution in [3.8, 4) is 17.5 Å². The van der Waals surface area contributed by atoms with Crippen molar-refractivity contribution in [1.82, 2.24) is 15.0 Å². The molecule has 1 atom stereocenters.